The Balaban J connectivity index is 1.79. The van der Waals surface area contributed by atoms with Crippen molar-refractivity contribution in [3.8, 4) is 5.75 Å². The van der Waals surface area contributed by atoms with Crippen molar-refractivity contribution < 1.29 is 9.84 Å². The molecule has 124 valence electrons. The highest BCUT2D eigenvalue weighted by atomic mass is 35.5. The molecule has 2 N–H and O–H groups in total. The van der Waals surface area contributed by atoms with Gasteiger partial charge in [0, 0.05) is 24.0 Å². The van der Waals surface area contributed by atoms with E-state index in [0.29, 0.717) is 0 Å². The lowest BCUT2D eigenvalue weighted by Gasteiger charge is -2.14. The summed E-state index contributed by atoms with van der Waals surface area (Å²) in [7, 11) is 0. The van der Waals surface area contributed by atoms with Crippen LogP contribution in [0.25, 0.3) is 0 Å². The van der Waals surface area contributed by atoms with E-state index < -0.39 is 0 Å². The molecule has 0 radical (unpaired) electrons. The fourth-order valence-corrected chi connectivity index (χ4v) is 3.19. The van der Waals surface area contributed by atoms with Crippen molar-refractivity contribution in [2.45, 2.75) is 64.0 Å². The average molecular weight is 326 g/mol. The molecule has 0 aliphatic carbocycles. The molecule has 1 saturated heterocycles. The standard InChI is InChI=1S/C18H28ClNO2/c1-2-3-4-5-6-7-14-8-9-16(11-18(14)19)22-17-10-15(13-21)20-12-17/h8-9,11,15,17,20-21H,2-7,10,12-13H2,1H3/t15-,17+/m1/s1. The highest BCUT2D eigenvalue weighted by Crippen LogP contribution is 2.26. The smallest absolute Gasteiger partial charge is 0.121 e. The first-order chi connectivity index (χ1) is 10.7. The molecule has 0 saturated carbocycles. The Morgan fingerprint density at radius 1 is 1.27 bits per heavy atom. The van der Waals surface area contributed by atoms with Crippen LogP contribution >= 0.6 is 11.6 Å². The lowest BCUT2D eigenvalue weighted by Crippen LogP contribution is -2.25. The Bertz CT molecular complexity index is 453. The van der Waals surface area contributed by atoms with E-state index >= 15 is 0 Å². The van der Waals surface area contributed by atoms with Gasteiger partial charge in [0.1, 0.15) is 11.9 Å². The molecule has 22 heavy (non-hydrogen) atoms. The van der Waals surface area contributed by atoms with Crippen LogP contribution in [0, 0.1) is 0 Å². The fraction of sp³-hybridized carbons (Fsp3) is 0.667. The van der Waals surface area contributed by atoms with Gasteiger partial charge in [-0.05, 0) is 30.5 Å². The topological polar surface area (TPSA) is 41.5 Å². The molecule has 0 bridgehead atoms. The zero-order valence-corrected chi connectivity index (χ0v) is 14.2. The molecule has 1 fully saturated rings. The largest absolute Gasteiger partial charge is 0.489 e. The van der Waals surface area contributed by atoms with Crippen LogP contribution in [0.5, 0.6) is 5.75 Å². The lowest BCUT2D eigenvalue weighted by atomic mass is 10.1. The molecule has 1 aromatic rings. The second-order valence-electron chi connectivity index (χ2n) is 6.18. The molecule has 1 aliphatic heterocycles. The summed E-state index contributed by atoms with van der Waals surface area (Å²) in [5.41, 5.74) is 1.21. The number of aryl methyl sites for hydroxylation is 1. The highest BCUT2D eigenvalue weighted by Gasteiger charge is 2.24. The van der Waals surface area contributed by atoms with Crippen LogP contribution in [0.15, 0.2) is 18.2 Å². The Morgan fingerprint density at radius 3 is 2.77 bits per heavy atom. The van der Waals surface area contributed by atoms with E-state index in [9.17, 15) is 0 Å². The molecule has 3 nitrogen and oxygen atoms in total. The third kappa shape index (κ3) is 5.45. The molecule has 4 heteroatoms. The summed E-state index contributed by atoms with van der Waals surface area (Å²) in [5.74, 6) is 0.824. The van der Waals surface area contributed by atoms with Gasteiger partial charge in [0.05, 0.1) is 6.61 Å². The monoisotopic (exact) mass is 325 g/mol. The van der Waals surface area contributed by atoms with Crippen LogP contribution < -0.4 is 10.1 Å². The van der Waals surface area contributed by atoms with Crippen molar-refractivity contribution >= 4 is 11.6 Å². The van der Waals surface area contributed by atoms with Crippen molar-refractivity contribution in [3.05, 3.63) is 28.8 Å². The van der Waals surface area contributed by atoms with E-state index in [0.717, 1.165) is 30.2 Å². The lowest BCUT2D eigenvalue weighted by molar-refractivity contribution is 0.206. The maximum atomic E-state index is 9.13. The number of hydrogen-bond acceptors (Lipinski definition) is 3. The van der Waals surface area contributed by atoms with E-state index in [4.69, 9.17) is 21.4 Å². The highest BCUT2D eigenvalue weighted by molar-refractivity contribution is 6.31. The maximum Gasteiger partial charge on any atom is 0.121 e. The molecule has 2 rings (SSSR count). The van der Waals surface area contributed by atoms with E-state index in [1.54, 1.807) is 0 Å². The van der Waals surface area contributed by atoms with Crippen LogP contribution in [-0.4, -0.2) is 30.4 Å². The summed E-state index contributed by atoms with van der Waals surface area (Å²) in [6.45, 7) is 3.18. The number of benzene rings is 1. The van der Waals surface area contributed by atoms with Crippen molar-refractivity contribution in [1.82, 2.24) is 5.32 Å². The van der Waals surface area contributed by atoms with Gasteiger partial charge in [-0.15, -0.1) is 0 Å². The van der Waals surface area contributed by atoms with Crippen LogP contribution in [0.1, 0.15) is 51.0 Å². The summed E-state index contributed by atoms with van der Waals surface area (Å²) >= 11 is 6.38. The Morgan fingerprint density at radius 2 is 2.09 bits per heavy atom. The number of hydrogen-bond donors (Lipinski definition) is 2. The third-order valence-corrected chi connectivity index (χ3v) is 4.63. The van der Waals surface area contributed by atoms with Gasteiger partial charge >= 0.3 is 0 Å². The molecule has 0 unspecified atom stereocenters. The predicted molar refractivity (Wildman–Crippen MR) is 91.8 cm³/mol. The van der Waals surface area contributed by atoms with Gasteiger partial charge in [0.25, 0.3) is 0 Å². The average Bonchev–Trinajstić information content (AvgIpc) is 2.96. The minimum atomic E-state index is 0.119. The van der Waals surface area contributed by atoms with Crippen LogP contribution in [0.4, 0.5) is 0 Å². The third-order valence-electron chi connectivity index (χ3n) is 4.28. The molecule has 1 aromatic carbocycles. The number of unbranched alkanes of at least 4 members (excludes halogenated alkanes) is 4. The summed E-state index contributed by atoms with van der Waals surface area (Å²) in [6, 6.07) is 6.18. The Labute approximate surface area is 139 Å². The van der Waals surface area contributed by atoms with Gasteiger partial charge in [-0.3, -0.25) is 0 Å². The van der Waals surface area contributed by atoms with Crippen molar-refractivity contribution in [2.75, 3.05) is 13.2 Å². The van der Waals surface area contributed by atoms with Gasteiger partial charge in [0.15, 0.2) is 0 Å². The summed E-state index contributed by atoms with van der Waals surface area (Å²) in [4.78, 5) is 0. The normalized spacial score (nSPS) is 21.2. The molecule has 1 aliphatic rings. The van der Waals surface area contributed by atoms with Gasteiger partial charge in [-0.25, -0.2) is 0 Å². The van der Waals surface area contributed by atoms with E-state index in [-0.39, 0.29) is 18.8 Å². The van der Waals surface area contributed by atoms with Crippen molar-refractivity contribution in [2.24, 2.45) is 0 Å². The summed E-state index contributed by atoms with van der Waals surface area (Å²) in [5, 5.41) is 13.2. The Kier molecular flexibility index (Phi) is 7.50. The first kappa shape index (κ1) is 17.6. The number of aliphatic hydroxyl groups is 1. The zero-order valence-electron chi connectivity index (χ0n) is 13.5. The molecular formula is C18H28ClNO2. The summed E-state index contributed by atoms with van der Waals surface area (Å²) < 4.78 is 5.94. The molecular weight excluding hydrogens is 298 g/mol. The minimum absolute atomic E-state index is 0.119. The predicted octanol–water partition coefficient (Wildman–Crippen LogP) is 3.95. The van der Waals surface area contributed by atoms with Crippen LogP contribution in [-0.2, 0) is 6.42 Å². The quantitative estimate of drug-likeness (QED) is 0.675. The van der Waals surface area contributed by atoms with E-state index in [1.165, 1.54) is 37.7 Å². The van der Waals surface area contributed by atoms with Crippen LogP contribution in [0.2, 0.25) is 5.02 Å². The van der Waals surface area contributed by atoms with Crippen molar-refractivity contribution in [1.29, 1.82) is 0 Å². The van der Waals surface area contributed by atoms with Gasteiger partial charge in [0.2, 0.25) is 0 Å². The second kappa shape index (κ2) is 9.39. The number of aliphatic hydroxyl groups excluding tert-OH is 1. The van der Waals surface area contributed by atoms with Gasteiger partial charge in [-0.2, -0.15) is 0 Å². The number of nitrogens with one attached hydrogen (secondary N) is 1. The summed E-state index contributed by atoms with van der Waals surface area (Å²) in [6.07, 6.45) is 8.39. The van der Waals surface area contributed by atoms with Gasteiger partial charge < -0.3 is 15.2 Å². The fourth-order valence-electron chi connectivity index (χ4n) is 2.93. The second-order valence-corrected chi connectivity index (χ2v) is 6.59. The number of ether oxygens (including phenoxy) is 1. The van der Waals surface area contributed by atoms with E-state index in [2.05, 4.69) is 18.3 Å². The maximum absolute atomic E-state index is 9.13. The van der Waals surface area contributed by atoms with Crippen molar-refractivity contribution in [3.63, 3.8) is 0 Å². The SMILES string of the molecule is CCCCCCCc1ccc(O[C@@H]2CN[C@@H](CO)C2)cc1Cl. The number of rotatable bonds is 9. The zero-order chi connectivity index (χ0) is 15.8. The molecule has 0 aromatic heterocycles. The molecule has 0 amide bonds. The molecule has 1 heterocycles. The molecule has 2 atom stereocenters. The number of halogens is 1. The Hall–Kier alpha value is -0.770. The van der Waals surface area contributed by atoms with Crippen LogP contribution in [0.3, 0.4) is 0 Å². The van der Waals surface area contributed by atoms with Gasteiger partial charge in [-0.1, -0.05) is 50.3 Å². The minimum Gasteiger partial charge on any atom is -0.489 e. The molecule has 0 spiro atoms. The first-order valence-electron chi connectivity index (χ1n) is 8.52. The first-order valence-corrected chi connectivity index (χ1v) is 8.90. The van der Waals surface area contributed by atoms with E-state index in [1.807, 2.05) is 12.1 Å².